The molecule has 33 heavy (non-hydrogen) atoms. The lowest BCUT2D eigenvalue weighted by molar-refractivity contribution is 0.274. The van der Waals surface area contributed by atoms with E-state index in [2.05, 4.69) is 43.9 Å². The van der Waals surface area contributed by atoms with E-state index in [9.17, 15) is 15.2 Å². The molecule has 0 aliphatic rings. The van der Waals surface area contributed by atoms with E-state index in [0.29, 0.717) is 40.1 Å². The summed E-state index contributed by atoms with van der Waals surface area (Å²) in [6.45, 7) is 1.79. The highest BCUT2D eigenvalue weighted by Crippen LogP contribution is 2.29. The molecule has 1 unspecified atom stereocenters. The van der Waals surface area contributed by atoms with E-state index in [1.165, 1.54) is 10.1 Å². The zero-order chi connectivity index (χ0) is 22.9. The van der Waals surface area contributed by atoms with Crippen LogP contribution in [0.3, 0.4) is 0 Å². The van der Waals surface area contributed by atoms with E-state index in [1.54, 1.807) is 35.7 Å². The minimum Gasteiger partial charge on any atom is -0.394 e. The fourth-order valence-electron chi connectivity index (χ4n) is 4.14. The molecule has 0 fully saturated rings. The van der Waals surface area contributed by atoms with Crippen molar-refractivity contribution in [2.45, 2.75) is 19.4 Å². The first-order valence-corrected chi connectivity index (χ1v) is 11.4. The number of aryl methyl sites for hydroxylation is 1. The molecule has 0 aliphatic heterocycles. The molecule has 4 N–H and O–H groups in total. The van der Waals surface area contributed by atoms with Gasteiger partial charge in [-0.3, -0.25) is 4.79 Å². The predicted molar refractivity (Wildman–Crippen MR) is 132 cm³/mol. The van der Waals surface area contributed by atoms with Crippen LogP contribution in [0.1, 0.15) is 16.7 Å². The van der Waals surface area contributed by atoms with Gasteiger partial charge in [0.25, 0.3) is 5.56 Å². The van der Waals surface area contributed by atoms with Gasteiger partial charge in [0.1, 0.15) is 11.4 Å². The minimum absolute atomic E-state index is 0.0961. The fraction of sp³-hybridized carbons (Fsp3) is 0.160. The van der Waals surface area contributed by atoms with Gasteiger partial charge in [0.15, 0.2) is 0 Å². The first-order valence-electron chi connectivity index (χ1n) is 10.5. The zero-order valence-electron chi connectivity index (χ0n) is 17.8. The number of aliphatic hydroxyl groups excluding tert-OH is 1. The summed E-state index contributed by atoms with van der Waals surface area (Å²) in [5.41, 5.74) is 4.58. The number of nitriles is 1. The van der Waals surface area contributed by atoms with Crippen LogP contribution in [0.15, 0.2) is 58.8 Å². The van der Waals surface area contributed by atoms with Crippen LogP contribution in [0, 0.1) is 18.3 Å². The van der Waals surface area contributed by atoms with Crippen molar-refractivity contribution < 1.29 is 5.11 Å². The third kappa shape index (κ3) is 3.89. The van der Waals surface area contributed by atoms with Gasteiger partial charge in [0.2, 0.25) is 0 Å². The standard InChI is InChI=1S/C25H21N5O2S/c1-14-8-15(11-26)9-20-23(14)30-24(29-20)22-19(6-7-27-25(22)32)28-17(12-31)10-16-13-33-21-5-3-2-4-18(16)21/h2-9,13,17,31H,10,12H2,1H3,(H,29,30)(H2,27,28,32). The van der Waals surface area contributed by atoms with Gasteiger partial charge in [-0.2, -0.15) is 5.26 Å². The molecule has 0 amide bonds. The molecule has 1 atom stereocenters. The van der Waals surface area contributed by atoms with E-state index in [-0.39, 0.29) is 18.2 Å². The second-order valence-electron chi connectivity index (χ2n) is 7.97. The topological polar surface area (TPSA) is 118 Å². The second-order valence-corrected chi connectivity index (χ2v) is 8.88. The van der Waals surface area contributed by atoms with Gasteiger partial charge in [0, 0.05) is 10.9 Å². The van der Waals surface area contributed by atoms with Crippen LogP contribution in [-0.4, -0.2) is 32.7 Å². The SMILES string of the molecule is Cc1cc(C#N)cc2[nH]c(-c3c(NC(CO)Cc4csc5ccccc45)cc[nH]c3=O)nc12. The number of H-pyrrole nitrogens is 2. The highest BCUT2D eigenvalue weighted by Gasteiger charge is 2.19. The van der Waals surface area contributed by atoms with Gasteiger partial charge in [0.05, 0.1) is 41.0 Å². The molecular formula is C25H21N5O2S. The fourth-order valence-corrected chi connectivity index (χ4v) is 5.12. The number of aromatic nitrogens is 3. The van der Waals surface area contributed by atoms with Crippen LogP contribution in [-0.2, 0) is 6.42 Å². The molecule has 5 aromatic rings. The summed E-state index contributed by atoms with van der Waals surface area (Å²) >= 11 is 1.68. The Labute approximate surface area is 193 Å². The summed E-state index contributed by atoms with van der Waals surface area (Å²) in [4.78, 5) is 23.4. The van der Waals surface area contributed by atoms with Crippen LogP contribution < -0.4 is 10.9 Å². The van der Waals surface area contributed by atoms with Gasteiger partial charge in [-0.25, -0.2) is 4.98 Å². The third-order valence-corrected chi connectivity index (χ3v) is 6.72. The molecule has 0 bridgehead atoms. The van der Waals surface area contributed by atoms with E-state index in [1.807, 2.05) is 19.1 Å². The number of rotatable bonds is 6. The zero-order valence-corrected chi connectivity index (χ0v) is 18.7. The molecule has 5 rings (SSSR count). The molecule has 2 aromatic carbocycles. The van der Waals surface area contributed by atoms with Crippen molar-refractivity contribution in [3.05, 3.63) is 81.1 Å². The number of anilines is 1. The number of pyridine rings is 1. The molecule has 7 nitrogen and oxygen atoms in total. The number of thiophene rings is 1. The Hall–Kier alpha value is -3.93. The third-order valence-electron chi connectivity index (χ3n) is 5.71. The van der Waals surface area contributed by atoms with E-state index < -0.39 is 0 Å². The molecule has 164 valence electrons. The summed E-state index contributed by atoms with van der Waals surface area (Å²) in [5, 5.41) is 26.0. The summed E-state index contributed by atoms with van der Waals surface area (Å²) in [7, 11) is 0. The molecule has 8 heteroatoms. The predicted octanol–water partition coefficient (Wildman–Crippen LogP) is 4.33. The number of nitrogens with zero attached hydrogens (tertiary/aromatic N) is 2. The molecule has 3 aromatic heterocycles. The first kappa shape index (κ1) is 20.9. The number of nitrogens with one attached hydrogen (secondary N) is 3. The Morgan fingerprint density at radius 3 is 2.94 bits per heavy atom. The molecule has 0 aliphatic carbocycles. The number of benzene rings is 2. The Balaban J connectivity index is 1.52. The average molecular weight is 456 g/mol. The van der Waals surface area contributed by atoms with E-state index in [0.717, 1.165) is 11.1 Å². The lowest BCUT2D eigenvalue weighted by Crippen LogP contribution is -2.27. The molecule has 0 saturated heterocycles. The number of hydrogen-bond acceptors (Lipinski definition) is 6. The molecule has 0 radical (unpaired) electrons. The number of imidazole rings is 1. The Bertz CT molecular complexity index is 1570. The van der Waals surface area contributed by atoms with Crippen molar-refractivity contribution in [2.75, 3.05) is 11.9 Å². The van der Waals surface area contributed by atoms with Crippen LogP contribution in [0.25, 0.3) is 32.5 Å². The van der Waals surface area contributed by atoms with Crippen LogP contribution >= 0.6 is 11.3 Å². The summed E-state index contributed by atoms with van der Waals surface area (Å²) in [5.74, 6) is 0.408. The molecule has 0 saturated carbocycles. The first-order chi connectivity index (χ1) is 16.1. The number of aliphatic hydroxyl groups is 1. The molecule has 0 spiro atoms. The normalized spacial score (nSPS) is 12.2. The second kappa shape index (κ2) is 8.54. The van der Waals surface area contributed by atoms with Crippen molar-refractivity contribution in [3.63, 3.8) is 0 Å². The van der Waals surface area contributed by atoms with Crippen molar-refractivity contribution >= 4 is 38.1 Å². The Morgan fingerprint density at radius 1 is 1.27 bits per heavy atom. The Kier molecular flexibility index (Phi) is 5.42. The highest BCUT2D eigenvalue weighted by molar-refractivity contribution is 7.17. The summed E-state index contributed by atoms with van der Waals surface area (Å²) < 4.78 is 1.20. The van der Waals surface area contributed by atoms with Crippen molar-refractivity contribution in [1.82, 2.24) is 15.0 Å². The summed E-state index contributed by atoms with van der Waals surface area (Å²) in [6, 6.07) is 15.3. The lowest BCUT2D eigenvalue weighted by atomic mass is 10.0. The smallest absolute Gasteiger partial charge is 0.261 e. The van der Waals surface area contributed by atoms with Gasteiger partial charge >= 0.3 is 0 Å². The van der Waals surface area contributed by atoms with Crippen molar-refractivity contribution in [2.24, 2.45) is 0 Å². The lowest BCUT2D eigenvalue weighted by Gasteiger charge is -2.19. The summed E-state index contributed by atoms with van der Waals surface area (Å²) in [6.07, 6.45) is 2.18. The van der Waals surface area contributed by atoms with Gasteiger partial charge in [-0.1, -0.05) is 18.2 Å². The van der Waals surface area contributed by atoms with Crippen LogP contribution in [0.2, 0.25) is 0 Å². The van der Waals surface area contributed by atoms with Gasteiger partial charge in [-0.05, 0) is 59.5 Å². The van der Waals surface area contributed by atoms with Crippen LogP contribution in [0.4, 0.5) is 5.69 Å². The number of aromatic amines is 2. The van der Waals surface area contributed by atoms with Crippen LogP contribution in [0.5, 0.6) is 0 Å². The maximum Gasteiger partial charge on any atom is 0.261 e. The Morgan fingerprint density at radius 2 is 2.12 bits per heavy atom. The minimum atomic E-state index is -0.296. The monoisotopic (exact) mass is 455 g/mol. The van der Waals surface area contributed by atoms with E-state index >= 15 is 0 Å². The van der Waals surface area contributed by atoms with Gasteiger partial charge in [-0.15, -0.1) is 11.3 Å². The molecule has 3 heterocycles. The van der Waals surface area contributed by atoms with Crippen molar-refractivity contribution in [1.29, 1.82) is 5.26 Å². The maximum atomic E-state index is 12.8. The van der Waals surface area contributed by atoms with Gasteiger partial charge < -0.3 is 20.4 Å². The number of fused-ring (bicyclic) bond motifs is 2. The number of hydrogen-bond donors (Lipinski definition) is 4. The largest absolute Gasteiger partial charge is 0.394 e. The van der Waals surface area contributed by atoms with Crippen molar-refractivity contribution in [3.8, 4) is 17.5 Å². The highest BCUT2D eigenvalue weighted by atomic mass is 32.1. The maximum absolute atomic E-state index is 12.8. The quantitative estimate of drug-likeness (QED) is 0.304. The van der Waals surface area contributed by atoms with E-state index in [4.69, 9.17) is 0 Å². The average Bonchev–Trinajstić information content (AvgIpc) is 3.43. The molecular weight excluding hydrogens is 434 g/mol.